The van der Waals surface area contributed by atoms with Gasteiger partial charge < -0.3 is 15.7 Å². The molecule has 0 radical (unpaired) electrons. The number of rotatable bonds is 8. The number of hydrogen-bond acceptors (Lipinski definition) is 4. The van der Waals surface area contributed by atoms with E-state index in [9.17, 15) is 9.59 Å². The summed E-state index contributed by atoms with van der Waals surface area (Å²) in [6, 6.07) is 8.97. The molecule has 1 aromatic carbocycles. The second-order valence-corrected chi connectivity index (χ2v) is 4.94. The molecule has 0 fully saturated rings. The zero-order valence-corrected chi connectivity index (χ0v) is 11.6. The fourth-order valence-corrected chi connectivity index (χ4v) is 2.00. The van der Waals surface area contributed by atoms with Gasteiger partial charge in [-0.25, -0.2) is 0 Å². The van der Waals surface area contributed by atoms with Crippen LogP contribution in [0, 0.1) is 0 Å². The smallest absolute Gasteiger partial charge is 0.322 e. The van der Waals surface area contributed by atoms with E-state index in [4.69, 9.17) is 5.11 Å². The number of amides is 1. The van der Waals surface area contributed by atoms with E-state index < -0.39 is 12.0 Å². The van der Waals surface area contributed by atoms with Crippen molar-refractivity contribution < 1.29 is 14.7 Å². The van der Waals surface area contributed by atoms with Crippen LogP contribution in [0.5, 0.6) is 0 Å². The van der Waals surface area contributed by atoms with Crippen molar-refractivity contribution in [2.24, 2.45) is 0 Å². The summed E-state index contributed by atoms with van der Waals surface area (Å²) in [6.45, 7) is -0.356. The number of benzene rings is 1. The summed E-state index contributed by atoms with van der Waals surface area (Å²) < 4.78 is 0. The number of nitrogens with one attached hydrogen (secondary N) is 2. The van der Waals surface area contributed by atoms with Crippen LogP contribution in [0.2, 0.25) is 0 Å². The van der Waals surface area contributed by atoms with Crippen LogP contribution in [0.15, 0.2) is 30.3 Å². The molecule has 0 aliphatic rings. The van der Waals surface area contributed by atoms with Gasteiger partial charge in [0, 0.05) is 5.69 Å². The highest BCUT2D eigenvalue weighted by molar-refractivity contribution is 7.98. The Morgan fingerprint density at radius 3 is 2.58 bits per heavy atom. The zero-order chi connectivity index (χ0) is 14.1. The van der Waals surface area contributed by atoms with Crippen LogP contribution >= 0.6 is 11.8 Å². The van der Waals surface area contributed by atoms with E-state index >= 15 is 0 Å². The second kappa shape index (κ2) is 8.42. The van der Waals surface area contributed by atoms with Crippen LogP contribution < -0.4 is 10.6 Å². The molecule has 0 aliphatic heterocycles. The average Bonchev–Trinajstić information content (AvgIpc) is 2.41. The monoisotopic (exact) mass is 282 g/mol. The van der Waals surface area contributed by atoms with E-state index in [1.807, 2.05) is 36.6 Å². The van der Waals surface area contributed by atoms with Crippen LogP contribution in [0.4, 0.5) is 5.69 Å². The summed E-state index contributed by atoms with van der Waals surface area (Å²) >= 11 is 1.65. The fraction of sp³-hybridized carbons (Fsp3) is 0.385. The number of aliphatic carboxylic acids is 1. The van der Waals surface area contributed by atoms with Gasteiger partial charge in [-0.1, -0.05) is 18.2 Å². The highest BCUT2D eigenvalue weighted by atomic mass is 32.2. The quantitative estimate of drug-likeness (QED) is 0.672. The number of thioether (sulfide) groups is 1. The fourth-order valence-electron chi connectivity index (χ4n) is 1.53. The molecule has 0 saturated carbocycles. The third kappa shape index (κ3) is 6.15. The van der Waals surface area contributed by atoms with E-state index in [0.717, 1.165) is 11.4 Å². The lowest BCUT2D eigenvalue weighted by molar-refractivity contribution is -0.138. The molecule has 104 valence electrons. The van der Waals surface area contributed by atoms with Gasteiger partial charge in [0.1, 0.15) is 12.6 Å². The molecule has 0 unspecified atom stereocenters. The number of hydrogen-bond donors (Lipinski definition) is 3. The van der Waals surface area contributed by atoms with Crippen LogP contribution in [-0.2, 0) is 9.59 Å². The molecule has 0 spiro atoms. The van der Waals surface area contributed by atoms with E-state index in [2.05, 4.69) is 10.6 Å². The number of anilines is 1. The molecule has 0 aromatic heterocycles. The lowest BCUT2D eigenvalue weighted by Crippen LogP contribution is -2.42. The highest BCUT2D eigenvalue weighted by Crippen LogP contribution is 2.11. The minimum absolute atomic E-state index is 0.291. The first-order valence-corrected chi connectivity index (χ1v) is 7.33. The molecule has 6 heteroatoms. The molecule has 19 heavy (non-hydrogen) atoms. The number of carboxylic acid groups (broad SMARTS) is 1. The Labute approximate surface area is 116 Å². The van der Waals surface area contributed by atoms with Crippen molar-refractivity contribution in [2.45, 2.75) is 12.5 Å². The van der Waals surface area contributed by atoms with Gasteiger partial charge in [0.15, 0.2) is 0 Å². The molecule has 3 N–H and O–H groups in total. The van der Waals surface area contributed by atoms with Crippen molar-refractivity contribution in [3.63, 3.8) is 0 Å². The molecule has 1 amide bonds. The molecule has 0 bridgehead atoms. The van der Waals surface area contributed by atoms with Crippen molar-refractivity contribution in [3.8, 4) is 0 Å². The molecule has 0 aliphatic carbocycles. The number of para-hydroxylation sites is 1. The van der Waals surface area contributed by atoms with Crippen LogP contribution in [-0.4, -0.2) is 41.6 Å². The average molecular weight is 282 g/mol. The van der Waals surface area contributed by atoms with Crippen molar-refractivity contribution in [3.05, 3.63) is 30.3 Å². The van der Waals surface area contributed by atoms with Crippen LogP contribution in [0.25, 0.3) is 0 Å². The van der Waals surface area contributed by atoms with E-state index in [1.54, 1.807) is 11.8 Å². The predicted octanol–water partition coefficient (Wildman–Crippen LogP) is 1.42. The largest absolute Gasteiger partial charge is 0.480 e. The van der Waals surface area contributed by atoms with Gasteiger partial charge in [-0.3, -0.25) is 9.59 Å². The van der Waals surface area contributed by atoms with Gasteiger partial charge in [-0.05, 0) is 30.6 Å². The molecular formula is C13H18N2O3S. The molecular weight excluding hydrogens is 264 g/mol. The lowest BCUT2D eigenvalue weighted by Gasteiger charge is -2.18. The molecule has 0 heterocycles. The molecule has 1 aromatic rings. The van der Waals surface area contributed by atoms with Gasteiger partial charge in [0.05, 0.1) is 0 Å². The van der Waals surface area contributed by atoms with E-state index in [1.165, 1.54) is 0 Å². The first-order valence-electron chi connectivity index (χ1n) is 5.93. The maximum Gasteiger partial charge on any atom is 0.322 e. The summed E-state index contributed by atoms with van der Waals surface area (Å²) in [4.78, 5) is 22.4. The molecule has 1 rings (SSSR count). The third-order valence-electron chi connectivity index (χ3n) is 2.46. The number of carboxylic acids is 1. The Morgan fingerprint density at radius 1 is 1.32 bits per heavy atom. The molecule has 1 atom stereocenters. The SMILES string of the molecule is CSCC[C@H](Nc1ccccc1)C(=O)NCC(=O)O. The first-order chi connectivity index (χ1) is 9.13. The molecule has 0 saturated heterocycles. The van der Waals surface area contributed by atoms with Crippen molar-refractivity contribution in [2.75, 3.05) is 23.9 Å². The van der Waals surface area contributed by atoms with Crippen LogP contribution in [0.3, 0.4) is 0 Å². The van der Waals surface area contributed by atoms with Gasteiger partial charge in [-0.2, -0.15) is 11.8 Å². The normalized spacial score (nSPS) is 11.6. The Hall–Kier alpha value is -1.69. The highest BCUT2D eigenvalue weighted by Gasteiger charge is 2.18. The number of carbonyl (C=O) groups is 2. The van der Waals surface area contributed by atoms with Crippen molar-refractivity contribution in [1.29, 1.82) is 0 Å². The Bertz CT molecular complexity index is 412. The minimum Gasteiger partial charge on any atom is -0.480 e. The van der Waals surface area contributed by atoms with Gasteiger partial charge in [0.2, 0.25) is 5.91 Å². The second-order valence-electron chi connectivity index (χ2n) is 3.96. The van der Waals surface area contributed by atoms with E-state index in [-0.39, 0.29) is 12.5 Å². The predicted molar refractivity (Wildman–Crippen MR) is 77.5 cm³/mol. The van der Waals surface area contributed by atoms with Gasteiger partial charge in [-0.15, -0.1) is 0 Å². The van der Waals surface area contributed by atoms with Crippen LogP contribution in [0.1, 0.15) is 6.42 Å². The summed E-state index contributed by atoms with van der Waals surface area (Å²) in [7, 11) is 0. The number of carbonyl (C=O) groups excluding carboxylic acids is 1. The maximum absolute atomic E-state index is 11.9. The Balaban J connectivity index is 2.60. The summed E-state index contributed by atoms with van der Waals surface area (Å²) in [5.41, 5.74) is 0.846. The summed E-state index contributed by atoms with van der Waals surface area (Å²) in [5, 5.41) is 14.1. The van der Waals surface area contributed by atoms with Crippen molar-refractivity contribution >= 4 is 29.3 Å². The maximum atomic E-state index is 11.9. The summed E-state index contributed by atoms with van der Waals surface area (Å²) in [5.74, 6) is -0.512. The topological polar surface area (TPSA) is 78.4 Å². The first kappa shape index (κ1) is 15.4. The standard InChI is InChI=1S/C13H18N2O3S/c1-19-8-7-11(13(18)14-9-12(16)17)15-10-5-3-2-4-6-10/h2-6,11,15H,7-9H2,1H3,(H,14,18)(H,16,17)/t11-/m0/s1. The molecule has 5 nitrogen and oxygen atoms in total. The summed E-state index contributed by atoms with van der Waals surface area (Å²) in [6.07, 6.45) is 2.61. The van der Waals surface area contributed by atoms with E-state index in [0.29, 0.717) is 6.42 Å². The Kier molecular flexibility index (Phi) is 6.81. The minimum atomic E-state index is -1.04. The Morgan fingerprint density at radius 2 is 2.00 bits per heavy atom. The van der Waals surface area contributed by atoms with Gasteiger partial charge >= 0.3 is 5.97 Å². The zero-order valence-electron chi connectivity index (χ0n) is 10.8. The van der Waals surface area contributed by atoms with Crippen molar-refractivity contribution in [1.82, 2.24) is 5.32 Å². The van der Waals surface area contributed by atoms with Gasteiger partial charge in [0.25, 0.3) is 0 Å². The lowest BCUT2D eigenvalue weighted by atomic mass is 10.2. The third-order valence-corrected chi connectivity index (χ3v) is 3.10.